The third kappa shape index (κ3) is 6.25. The second kappa shape index (κ2) is 11.9. The van der Waals surface area contributed by atoms with E-state index in [1.54, 1.807) is 6.92 Å². The number of hydrogen-bond donors (Lipinski definition) is 2. The summed E-state index contributed by atoms with van der Waals surface area (Å²) in [5.74, 6) is -3.73. The Morgan fingerprint density at radius 2 is 1.72 bits per heavy atom. The van der Waals surface area contributed by atoms with E-state index in [4.69, 9.17) is 5.73 Å². The molecule has 2 aliphatic carbocycles. The maximum atomic E-state index is 14.9. The summed E-state index contributed by atoms with van der Waals surface area (Å²) < 4.78 is 56.3. The van der Waals surface area contributed by atoms with E-state index in [1.165, 1.54) is 24.5 Å². The van der Waals surface area contributed by atoms with Gasteiger partial charge < -0.3 is 30.2 Å². The minimum Gasteiger partial charge on any atom is -0.406 e. The number of anilines is 1. The van der Waals surface area contributed by atoms with Crippen molar-refractivity contribution in [2.45, 2.75) is 56.8 Å². The molecule has 0 unspecified atom stereocenters. The fraction of sp³-hybridized carbons (Fsp3) is 0.333. The molecule has 9 nitrogen and oxygen atoms in total. The first-order valence-electron chi connectivity index (χ1n) is 13.2. The number of amides is 1. The van der Waals surface area contributed by atoms with E-state index in [1.807, 2.05) is 0 Å². The van der Waals surface area contributed by atoms with Gasteiger partial charge in [0.15, 0.2) is 11.2 Å². The van der Waals surface area contributed by atoms with E-state index >= 15 is 0 Å². The predicted molar refractivity (Wildman–Crippen MR) is 147 cm³/mol. The maximum Gasteiger partial charge on any atom is 0.573 e. The number of ketones is 1. The zero-order valence-corrected chi connectivity index (χ0v) is 22.9. The fourth-order valence-corrected chi connectivity index (χ4v) is 4.89. The quantitative estimate of drug-likeness (QED) is 0.121. The van der Waals surface area contributed by atoms with Crippen LogP contribution in [0.4, 0.5) is 23.2 Å². The first-order chi connectivity index (χ1) is 20.3. The normalized spacial score (nSPS) is 16.7. The molecule has 226 valence electrons. The largest absolute Gasteiger partial charge is 0.573 e. The van der Waals surface area contributed by atoms with Crippen LogP contribution in [0, 0.1) is 18.2 Å². The number of nitrogens with two attached hydrogens (primary N) is 1. The van der Waals surface area contributed by atoms with E-state index in [0.717, 1.165) is 31.4 Å². The van der Waals surface area contributed by atoms with Crippen LogP contribution in [0.1, 0.15) is 59.2 Å². The van der Waals surface area contributed by atoms with Crippen molar-refractivity contribution in [1.82, 2.24) is 0 Å². The van der Waals surface area contributed by atoms with Gasteiger partial charge in [0.25, 0.3) is 0 Å². The lowest BCUT2D eigenvalue weighted by molar-refractivity contribution is -0.274. The van der Waals surface area contributed by atoms with E-state index in [2.05, 4.69) is 15.0 Å². The molecule has 0 heterocycles. The third-order valence-electron chi connectivity index (χ3n) is 7.66. The Morgan fingerprint density at radius 3 is 2.21 bits per heavy atom. The van der Waals surface area contributed by atoms with Gasteiger partial charge in [0.05, 0.1) is 5.41 Å². The molecule has 2 saturated carbocycles. The predicted octanol–water partition coefficient (Wildman–Crippen LogP) is 4.39. The molecule has 0 aliphatic heterocycles. The van der Waals surface area contributed by atoms with Crippen LogP contribution in [0.15, 0.2) is 41.5 Å². The molecule has 2 fully saturated rings. The molecule has 2 aromatic rings. The minimum absolute atomic E-state index is 0.0159. The van der Waals surface area contributed by atoms with Gasteiger partial charge in [-0.2, -0.15) is 0 Å². The average Bonchev–Trinajstić information content (AvgIpc) is 3.73. The van der Waals surface area contributed by atoms with Crippen LogP contribution in [0.25, 0.3) is 5.57 Å². The summed E-state index contributed by atoms with van der Waals surface area (Å²) in [5, 5.41) is 2.60. The molecule has 1 amide bonds. The first kappa shape index (κ1) is 31.3. The van der Waals surface area contributed by atoms with Crippen LogP contribution in [0.3, 0.4) is 0 Å². The number of halogens is 4. The van der Waals surface area contributed by atoms with Gasteiger partial charge in [0.2, 0.25) is 5.91 Å². The third-order valence-corrected chi connectivity index (χ3v) is 7.66. The van der Waals surface area contributed by atoms with Gasteiger partial charge in [-0.15, -0.1) is 13.2 Å². The molecule has 4 rings (SSSR count). The molecule has 0 radical (unpaired) electrons. The number of aldehydes is 3. The Bertz CT molecular complexity index is 1520. The number of aliphatic imine (C=N–C) groups is 1. The second-order valence-electron chi connectivity index (χ2n) is 10.5. The standard InChI is InChI=1S/C30H27F4N3O6/c1-17-9-20(37-27(42)29(7-8-29)23-6-5-21(11-24(23)31)43-30(32,33)34)10-22(26(41)28(14-38,15-39)16-40)25(17)18(12-35)13-36-19-3-2-4-19/h5-6,9-16,19H,2-4,7-8,35H2,1H3,(H,37,42). The Kier molecular flexibility index (Phi) is 8.65. The Hall–Kier alpha value is -4.68. The van der Waals surface area contributed by atoms with Crippen molar-refractivity contribution in [2.24, 2.45) is 16.1 Å². The van der Waals surface area contributed by atoms with Crippen molar-refractivity contribution >= 4 is 48.0 Å². The van der Waals surface area contributed by atoms with Crippen molar-refractivity contribution < 1.29 is 46.3 Å². The van der Waals surface area contributed by atoms with Crippen molar-refractivity contribution in [3.63, 3.8) is 0 Å². The number of aryl methyl sites for hydroxylation is 1. The zero-order chi connectivity index (χ0) is 31.6. The molecule has 13 heteroatoms. The maximum absolute atomic E-state index is 14.9. The number of nitrogens with zero attached hydrogens (tertiary/aromatic N) is 1. The van der Waals surface area contributed by atoms with Crippen LogP contribution in [0.5, 0.6) is 5.75 Å². The second-order valence-corrected chi connectivity index (χ2v) is 10.5. The first-order valence-corrected chi connectivity index (χ1v) is 13.2. The molecule has 0 bridgehead atoms. The molecule has 2 aromatic carbocycles. The van der Waals surface area contributed by atoms with Crippen LogP contribution < -0.4 is 15.8 Å². The molecule has 3 N–H and O–H groups in total. The smallest absolute Gasteiger partial charge is 0.406 e. The van der Waals surface area contributed by atoms with Gasteiger partial charge in [0.1, 0.15) is 30.4 Å². The van der Waals surface area contributed by atoms with Gasteiger partial charge in [0, 0.05) is 46.9 Å². The monoisotopic (exact) mass is 601 g/mol. The summed E-state index contributed by atoms with van der Waals surface area (Å²) in [7, 11) is 0. The van der Waals surface area contributed by atoms with Crippen LogP contribution in [-0.4, -0.2) is 49.2 Å². The molecule has 0 spiro atoms. The molecule has 0 aromatic heterocycles. The summed E-state index contributed by atoms with van der Waals surface area (Å²) in [6.45, 7) is 1.57. The minimum atomic E-state index is -5.03. The number of carbonyl (C=O) groups is 5. The number of carbonyl (C=O) groups excluding carboxylic acids is 5. The summed E-state index contributed by atoms with van der Waals surface area (Å²) >= 11 is 0. The molecular weight excluding hydrogens is 574 g/mol. The number of Topliss-reactive ketones (excluding diaryl/α,β-unsaturated/α-hetero) is 1. The van der Waals surface area contributed by atoms with Crippen molar-refractivity contribution in [3.8, 4) is 5.75 Å². The molecule has 0 saturated heterocycles. The van der Waals surface area contributed by atoms with Crippen molar-refractivity contribution in [2.75, 3.05) is 5.32 Å². The molecule has 2 aliphatic rings. The van der Waals surface area contributed by atoms with E-state index in [9.17, 15) is 41.5 Å². The number of ether oxygens (including phenoxy) is 1. The highest BCUT2D eigenvalue weighted by Crippen LogP contribution is 2.50. The van der Waals surface area contributed by atoms with Crippen LogP contribution >= 0.6 is 0 Å². The van der Waals surface area contributed by atoms with Crippen molar-refractivity contribution in [3.05, 3.63) is 64.6 Å². The molecule has 43 heavy (non-hydrogen) atoms. The van der Waals surface area contributed by atoms with E-state index in [-0.39, 0.29) is 65.7 Å². The number of allylic oxidation sites excluding steroid dienone is 1. The SMILES string of the molecule is Cc1cc(NC(=O)C2(c3ccc(OC(F)(F)F)cc3F)CC2)cc(C(=O)C(C=O)(C=O)C=O)c1C(C=NC1CCC1)=CN. The average molecular weight is 602 g/mol. The topological polar surface area (TPSA) is 145 Å². The lowest BCUT2D eigenvalue weighted by atomic mass is 9.80. The number of hydrogen-bond acceptors (Lipinski definition) is 8. The fourth-order valence-electron chi connectivity index (χ4n) is 4.89. The van der Waals surface area contributed by atoms with E-state index in [0.29, 0.717) is 11.6 Å². The highest BCUT2D eigenvalue weighted by atomic mass is 19.4. The number of alkyl halides is 3. The summed E-state index contributed by atoms with van der Waals surface area (Å²) in [5.41, 5.74) is 2.19. The van der Waals surface area contributed by atoms with E-state index < -0.39 is 40.4 Å². The summed E-state index contributed by atoms with van der Waals surface area (Å²) in [6, 6.07) is 5.19. The Balaban J connectivity index is 1.73. The Labute approximate surface area is 243 Å². The number of nitrogens with one attached hydrogen (secondary N) is 1. The zero-order valence-electron chi connectivity index (χ0n) is 22.9. The Morgan fingerprint density at radius 1 is 1.07 bits per heavy atom. The van der Waals surface area contributed by atoms with Crippen molar-refractivity contribution in [1.29, 1.82) is 0 Å². The summed E-state index contributed by atoms with van der Waals surface area (Å²) in [4.78, 5) is 66.7. The number of benzene rings is 2. The van der Waals surface area contributed by atoms with Gasteiger partial charge in [-0.25, -0.2) is 4.39 Å². The highest BCUT2D eigenvalue weighted by molar-refractivity contribution is 6.31. The van der Waals surface area contributed by atoms with Gasteiger partial charge in [-0.05, 0) is 68.4 Å². The van der Waals surface area contributed by atoms with Gasteiger partial charge in [-0.3, -0.25) is 14.6 Å². The van der Waals surface area contributed by atoms with Gasteiger partial charge >= 0.3 is 6.36 Å². The van der Waals surface area contributed by atoms with Gasteiger partial charge in [-0.1, -0.05) is 6.07 Å². The molecular formula is C30H27F4N3O6. The number of rotatable bonds is 12. The summed E-state index contributed by atoms with van der Waals surface area (Å²) in [6.07, 6.45) is 0.478. The van der Waals surface area contributed by atoms with Crippen LogP contribution in [0.2, 0.25) is 0 Å². The lowest BCUT2D eigenvalue weighted by Gasteiger charge is -2.23. The lowest BCUT2D eigenvalue weighted by Crippen LogP contribution is -2.37. The van der Waals surface area contributed by atoms with Crippen LogP contribution in [-0.2, 0) is 24.6 Å². The highest BCUT2D eigenvalue weighted by Gasteiger charge is 2.53. The molecule has 0 atom stereocenters.